The topological polar surface area (TPSA) is 61.9 Å². The summed E-state index contributed by atoms with van der Waals surface area (Å²) in [5.74, 6) is -0.225. The molecule has 1 atom stereocenters. The van der Waals surface area contributed by atoms with E-state index in [2.05, 4.69) is 17.3 Å². The molecule has 0 bridgehead atoms. The van der Waals surface area contributed by atoms with E-state index >= 15 is 0 Å². The van der Waals surface area contributed by atoms with Crippen molar-refractivity contribution in [3.05, 3.63) is 29.0 Å². The number of ether oxygens (including phenoxy) is 1. The van der Waals surface area contributed by atoms with Gasteiger partial charge in [0.1, 0.15) is 11.6 Å². The molecule has 2 saturated heterocycles. The van der Waals surface area contributed by atoms with Crippen molar-refractivity contribution in [3.63, 3.8) is 0 Å². The average Bonchev–Trinajstić information content (AvgIpc) is 2.80. The van der Waals surface area contributed by atoms with E-state index in [9.17, 15) is 14.0 Å². The van der Waals surface area contributed by atoms with Crippen molar-refractivity contribution in [2.45, 2.75) is 24.8 Å². The third kappa shape index (κ3) is 4.10. The molecule has 2 fully saturated rings. The second-order valence-corrected chi connectivity index (χ2v) is 7.33. The number of benzene rings is 1. The van der Waals surface area contributed by atoms with Crippen LogP contribution in [0.2, 0.25) is 5.02 Å². The van der Waals surface area contributed by atoms with E-state index < -0.39 is 5.82 Å². The van der Waals surface area contributed by atoms with E-state index in [1.165, 1.54) is 18.2 Å². The molecule has 6 nitrogen and oxygen atoms in total. The van der Waals surface area contributed by atoms with Gasteiger partial charge in [0.2, 0.25) is 5.91 Å². The molecule has 3 rings (SSSR count). The van der Waals surface area contributed by atoms with E-state index in [0.29, 0.717) is 31.8 Å². The summed E-state index contributed by atoms with van der Waals surface area (Å²) in [4.78, 5) is 28.3. The molecule has 0 unspecified atom stereocenters. The minimum Gasteiger partial charge on any atom is -0.484 e. The minimum atomic E-state index is -0.525. The summed E-state index contributed by atoms with van der Waals surface area (Å²) in [5.41, 5.74) is -0.188. The zero-order chi connectivity index (χ0) is 18.7. The highest BCUT2D eigenvalue weighted by Crippen LogP contribution is 2.30. The van der Waals surface area contributed by atoms with Crippen LogP contribution in [0.4, 0.5) is 4.39 Å². The van der Waals surface area contributed by atoms with E-state index in [1.54, 1.807) is 4.90 Å². The third-order valence-corrected chi connectivity index (χ3v) is 5.63. The van der Waals surface area contributed by atoms with Gasteiger partial charge in [-0.25, -0.2) is 4.39 Å². The van der Waals surface area contributed by atoms with Gasteiger partial charge in [-0.05, 0) is 32.0 Å². The number of halogens is 2. The zero-order valence-electron chi connectivity index (χ0n) is 14.8. The first-order chi connectivity index (χ1) is 12.4. The number of likely N-dealkylation sites (N-methyl/N-ethyl adjacent to an activating group) is 1. The van der Waals surface area contributed by atoms with Crippen molar-refractivity contribution in [1.82, 2.24) is 15.1 Å². The van der Waals surface area contributed by atoms with E-state index in [0.717, 1.165) is 19.4 Å². The van der Waals surface area contributed by atoms with Crippen molar-refractivity contribution in [2.75, 3.05) is 39.8 Å². The van der Waals surface area contributed by atoms with Crippen LogP contribution in [0, 0.1) is 5.82 Å². The van der Waals surface area contributed by atoms with Crippen LogP contribution in [0.15, 0.2) is 18.2 Å². The van der Waals surface area contributed by atoms with Gasteiger partial charge in [-0.1, -0.05) is 11.6 Å². The molecule has 2 aliphatic rings. The molecule has 26 heavy (non-hydrogen) atoms. The fourth-order valence-electron chi connectivity index (χ4n) is 3.61. The Morgan fingerprint density at radius 3 is 2.96 bits per heavy atom. The predicted molar refractivity (Wildman–Crippen MR) is 95.7 cm³/mol. The lowest BCUT2D eigenvalue weighted by atomic mass is 9.86. The molecule has 2 aliphatic heterocycles. The summed E-state index contributed by atoms with van der Waals surface area (Å²) < 4.78 is 18.7. The minimum absolute atomic E-state index is 0.0379. The first-order valence-electron chi connectivity index (χ1n) is 8.73. The number of hydrogen-bond donors (Lipinski definition) is 1. The van der Waals surface area contributed by atoms with Gasteiger partial charge >= 0.3 is 0 Å². The van der Waals surface area contributed by atoms with E-state index in [1.807, 2.05) is 0 Å². The van der Waals surface area contributed by atoms with Gasteiger partial charge in [0.15, 0.2) is 6.61 Å². The lowest BCUT2D eigenvalue weighted by molar-refractivity contribution is -0.139. The number of hydrogen-bond acceptors (Lipinski definition) is 4. The molecule has 1 aromatic carbocycles. The third-order valence-electron chi connectivity index (χ3n) is 5.34. The average molecular weight is 384 g/mol. The lowest BCUT2D eigenvalue weighted by Gasteiger charge is -2.49. The molecule has 0 saturated carbocycles. The maximum absolute atomic E-state index is 13.2. The van der Waals surface area contributed by atoms with Gasteiger partial charge in [0.05, 0.1) is 5.02 Å². The van der Waals surface area contributed by atoms with E-state index in [-0.39, 0.29) is 29.0 Å². The summed E-state index contributed by atoms with van der Waals surface area (Å²) in [5, 5.41) is 2.86. The first-order valence-corrected chi connectivity index (χ1v) is 9.11. The molecule has 0 radical (unpaired) electrons. The van der Waals surface area contributed by atoms with Gasteiger partial charge in [0, 0.05) is 44.2 Å². The number of piperazine rings is 1. The number of rotatable bonds is 3. The second kappa shape index (κ2) is 7.80. The number of nitrogens with zero attached hydrogens (tertiary/aromatic N) is 2. The summed E-state index contributed by atoms with van der Waals surface area (Å²) in [6, 6.07) is 4.02. The molecule has 8 heteroatoms. The quantitative estimate of drug-likeness (QED) is 0.862. The second-order valence-electron chi connectivity index (χ2n) is 6.93. The van der Waals surface area contributed by atoms with Crippen LogP contribution < -0.4 is 10.1 Å². The molecule has 0 aliphatic carbocycles. The van der Waals surface area contributed by atoms with Crippen LogP contribution in [0.5, 0.6) is 5.75 Å². The summed E-state index contributed by atoms with van der Waals surface area (Å²) in [6.45, 7) is 2.44. The number of nitrogens with one attached hydrogen (secondary N) is 1. The van der Waals surface area contributed by atoms with Crippen LogP contribution in [-0.2, 0) is 9.59 Å². The molecule has 2 amide bonds. The molecule has 142 valence electrons. The Bertz CT molecular complexity index is 702. The van der Waals surface area contributed by atoms with Crippen molar-refractivity contribution in [3.8, 4) is 5.75 Å². The Balaban J connectivity index is 1.62. The van der Waals surface area contributed by atoms with Crippen LogP contribution in [0.1, 0.15) is 19.3 Å². The smallest absolute Gasteiger partial charge is 0.260 e. The van der Waals surface area contributed by atoms with Crippen molar-refractivity contribution < 1.29 is 18.7 Å². The van der Waals surface area contributed by atoms with Gasteiger partial charge in [-0.15, -0.1) is 0 Å². The molecular formula is C18H23ClFN3O3. The molecule has 1 N–H and O–H groups in total. The van der Waals surface area contributed by atoms with Gasteiger partial charge in [-0.2, -0.15) is 0 Å². The Labute approximate surface area is 157 Å². The fraction of sp³-hybridized carbons (Fsp3) is 0.556. The van der Waals surface area contributed by atoms with Crippen LogP contribution in [0.3, 0.4) is 0 Å². The highest BCUT2D eigenvalue weighted by atomic mass is 35.5. The van der Waals surface area contributed by atoms with Gasteiger partial charge < -0.3 is 15.0 Å². The number of amides is 2. The number of carbonyl (C=O) groups is 2. The monoisotopic (exact) mass is 383 g/mol. The highest BCUT2D eigenvalue weighted by Gasteiger charge is 2.42. The summed E-state index contributed by atoms with van der Waals surface area (Å²) in [6.07, 6.45) is 2.01. The molecule has 1 spiro atoms. The maximum atomic E-state index is 13.2. The Hall–Kier alpha value is -1.86. The van der Waals surface area contributed by atoms with Crippen molar-refractivity contribution >= 4 is 23.4 Å². The lowest BCUT2D eigenvalue weighted by Crippen LogP contribution is -2.62. The normalized spacial score (nSPS) is 24.3. The van der Waals surface area contributed by atoms with Gasteiger partial charge in [-0.3, -0.25) is 14.5 Å². The standard InChI is InChI=1S/C18H23ClFN3O3/c1-22-8-9-23(12-18(22)5-4-16(24)21-7-6-18)17(25)11-26-13-2-3-15(20)14(19)10-13/h2-3,10H,4-9,11-12H2,1H3,(H,21,24)/t18-/m1/s1. The maximum Gasteiger partial charge on any atom is 0.260 e. The van der Waals surface area contributed by atoms with Crippen LogP contribution >= 0.6 is 11.6 Å². The Kier molecular flexibility index (Phi) is 5.67. The predicted octanol–water partition coefficient (Wildman–Crippen LogP) is 1.67. The Morgan fingerprint density at radius 1 is 1.38 bits per heavy atom. The molecule has 1 aromatic rings. The van der Waals surface area contributed by atoms with Crippen LogP contribution in [-0.4, -0.2) is 67.0 Å². The number of carbonyl (C=O) groups excluding carboxylic acids is 2. The molecule has 0 aromatic heterocycles. The van der Waals surface area contributed by atoms with Crippen LogP contribution in [0.25, 0.3) is 0 Å². The van der Waals surface area contributed by atoms with Crippen molar-refractivity contribution in [2.24, 2.45) is 0 Å². The van der Waals surface area contributed by atoms with Crippen molar-refractivity contribution in [1.29, 1.82) is 0 Å². The highest BCUT2D eigenvalue weighted by molar-refractivity contribution is 6.30. The fourth-order valence-corrected chi connectivity index (χ4v) is 3.78. The first kappa shape index (κ1) is 18.9. The zero-order valence-corrected chi connectivity index (χ0v) is 15.5. The largest absolute Gasteiger partial charge is 0.484 e. The van der Waals surface area contributed by atoms with Gasteiger partial charge in [0.25, 0.3) is 5.91 Å². The Morgan fingerprint density at radius 2 is 2.19 bits per heavy atom. The SMILES string of the molecule is CN1CCN(C(=O)COc2ccc(F)c(Cl)c2)C[C@@]12CCNC(=O)CC2. The van der Waals surface area contributed by atoms with E-state index in [4.69, 9.17) is 16.3 Å². The molecular weight excluding hydrogens is 361 g/mol. The summed E-state index contributed by atoms with van der Waals surface area (Å²) in [7, 11) is 2.05. The molecule has 2 heterocycles. The summed E-state index contributed by atoms with van der Waals surface area (Å²) >= 11 is 5.73.